The Kier molecular flexibility index (Phi) is 4.58. The van der Waals surface area contributed by atoms with Crippen LogP contribution in [0.3, 0.4) is 0 Å². The molecular formula is C14H10F2N2O3S. The summed E-state index contributed by atoms with van der Waals surface area (Å²) in [6.07, 6.45) is 0. The molecule has 0 amide bonds. The minimum Gasteiger partial charge on any atom is -0.479 e. The van der Waals surface area contributed by atoms with E-state index in [1.54, 1.807) is 6.07 Å². The fraction of sp³-hybridized carbons (Fsp3) is 0.0714. The first-order valence-corrected chi connectivity index (χ1v) is 7.49. The third-order valence-electron chi connectivity index (χ3n) is 2.60. The van der Waals surface area contributed by atoms with Crippen molar-refractivity contribution >= 4 is 15.7 Å². The fourth-order valence-corrected chi connectivity index (χ4v) is 2.88. The fourth-order valence-electron chi connectivity index (χ4n) is 1.68. The van der Waals surface area contributed by atoms with Crippen molar-refractivity contribution in [3.63, 3.8) is 0 Å². The molecule has 0 aliphatic heterocycles. The van der Waals surface area contributed by atoms with Crippen molar-refractivity contribution in [2.24, 2.45) is 0 Å². The Morgan fingerprint density at radius 3 is 2.23 bits per heavy atom. The summed E-state index contributed by atoms with van der Waals surface area (Å²) in [6, 6.07) is 10.1. The predicted molar refractivity (Wildman–Crippen MR) is 74.7 cm³/mol. The molecule has 114 valence electrons. The van der Waals surface area contributed by atoms with Gasteiger partial charge in [0.05, 0.1) is 0 Å². The van der Waals surface area contributed by atoms with Crippen molar-refractivity contribution in [3.8, 4) is 11.8 Å². The van der Waals surface area contributed by atoms with Gasteiger partial charge in [0.1, 0.15) is 23.5 Å². The first-order valence-electron chi connectivity index (χ1n) is 6.00. The molecule has 0 atom stereocenters. The van der Waals surface area contributed by atoms with E-state index < -0.39 is 26.6 Å². The van der Waals surface area contributed by atoms with Gasteiger partial charge >= 0.3 is 0 Å². The molecule has 0 aliphatic rings. The molecule has 1 N–H and O–H groups in total. The van der Waals surface area contributed by atoms with Crippen molar-refractivity contribution < 1.29 is 21.9 Å². The van der Waals surface area contributed by atoms with E-state index in [0.29, 0.717) is 5.75 Å². The van der Waals surface area contributed by atoms with Gasteiger partial charge in [0, 0.05) is 5.69 Å². The molecule has 2 aromatic rings. The highest BCUT2D eigenvalue weighted by Gasteiger charge is 2.23. The summed E-state index contributed by atoms with van der Waals surface area (Å²) in [5.74, 6) is -2.00. The number of hydrogen-bond donors (Lipinski definition) is 1. The number of halogens is 2. The van der Waals surface area contributed by atoms with Crippen molar-refractivity contribution in [2.45, 2.75) is 4.90 Å². The van der Waals surface area contributed by atoms with Crippen LogP contribution in [-0.2, 0) is 10.0 Å². The summed E-state index contributed by atoms with van der Waals surface area (Å²) < 4.78 is 58.2. The molecule has 0 heterocycles. The average Bonchev–Trinajstić information content (AvgIpc) is 2.45. The van der Waals surface area contributed by atoms with Crippen LogP contribution in [0.1, 0.15) is 0 Å². The van der Waals surface area contributed by atoms with Gasteiger partial charge in [0.25, 0.3) is 10.0 Å². The maximum absolute atomic E-state index is 13.5. The number of hydrogen-bond acceptors (Lipinski definition) is 4. The largest absolute Gasteiger partial charge is 0.479 e. The third kappa shape index (κ3) is 3.51. The summed E-state index contributed by atoms with van der Waals surface area (Å²) >= 11 is 0. The maximum atomic E-state index is 13.5. The number of sulfonamides is 1. The van der Waals surface area contributed by atoms with Crippen LogP contribution in [-0.4, -0.2) is 15.0 Å². The number of anilines is 1. The summed E-state index contributed by atoms with van der Waals surface area (Å²) in [6.45, 7) is -0.147. The van der Waals surface area contributed by atoms with Gasteiger partial charge in [-0.2, -0.15) is 5.26 Å². The van der Waals surface area contributed by atoms with Gasteiger partial charge in [0.2, 0.25) is 0 Å². The topological polar surface area (TPSA) is 79.2 Å². The van der Waals surface area contributed by atoms with Crippen LogP contribution in [0.4, 0.5) is 14.5 Å². The second-order valence-corrected chi connectivity index (χ2v) is 5.75. The normalized spacial score (nSPS) is 10.8. The van der Waals surface area contributed by atoms with Crippen LogP contribution in [0, 0.1) is 23.0 Å². The van der Waals surface area contributed by atoms with E-state index in [-0.39, 0.29) is 12.3 Å². The maximum Gasteiger partial charge on any atom is 0.267 e. The first-order chi connectivity index (χ1) is 10.4. The molecule has 0 saturated heterocycles. The Bertz CT molecular complexity index is 795. The Morgan fingerprint density at radius 1 is 1.09 bits per heavy atom. The van der Waals surface area contributed by atoms with Crippen molar-refractivity contribution in [1.29, 1.82) is 5.26 Å². The minimum atomic E-state index is -4.40. The van der Waals surface area contributed by atoms with E-state index >= 15 is 0 Å². The second-order valence-electron chi connectivity index (χ2n) is 4.13. The van der Waals surface area contributed by atoms with E-state index in [9.17, 15) is 17.2 Å². The lowest BCUT2D eigenvalue weighted by atomic mass is 10.3. The zero-order valence-corrected chi connectivity index (χ0v) is 11.9. The smallest absolute Gasteiger partial charge is 0.267 e. The SMILES string of the molecule is N#CCOc1ccc(NS(=O)(=O)c2c(F)cccc2F)cc1. The highest BCUT2D eigenvalue weighted by molar-refractivity contribution is 7.92. The second kappa shape index (κ2) is 6.41. The van der Waals surface area contributed by atoms with Crippen molar-refractivity contribution in [2.75, 3.05) is 11.3 Å². The van der Waals surface area contributed by atoms with Gasteiger partial charge in [-0.15, -0.1) is 0 Å². The van der Waals surface area contributed by atoms with Gasteiger partial charge in [-0.3, -0.25) is 4.72 Å². The minimum absolute atomic E-state index is 0.104. The Balaban J connectivity index is 2.24. The summed E-state index contributed by atoms with van der Waals surface area (Å²) in [5, 5.41) is 8.38. The van der Waals surface area contributed by atoms with Crippen LogP contribution in [0.5, 0.6) is 5.75 Å². The van der Waals surface area contributed by atoms with Gasteiger partial charge < -0.3 is 4.74 Å². The predicted octanol–water partition coefficient (Wildman–Crippen LogP) is 2.67. The molecule has 0 aliphatic carbocycles. The Hall–Kier alpha value is -2.66. The van der Waals surface area contributed by atoms with E-state index in [4.69, 9.17) is 10.00 Å². The molecule has 0 fully saturated rings. The van der Waals surface area contributed by atoms with Crippen LogP contribution >= 0.6 is 0 Å². The number of rotatable bonds is 5. The van der Waals surface area contributed by atoms with E-state index in [2.05, 4.69) is 4.72 Å². The lowest BCUT2D eigenvalue weighted by Crippen LogP contribution is -2.16. The van der Waals surface area contributed by atoms with E-state index in [0.717, 1.165) is 18.2 Å². The molecule has 0 radical (unpaired) electrons. The average molecular weight is 324 g/mol. The molecule has 0 spiro atoms. The van der Waals surface area contributed by atoms with Crippen LogP contribution < -0.4 is 9.46 Å². The highest BCUT2D eigenvalue weighted by Crippen LogP contribution is 2.23. The molecule has 5 nitrogen and oxygen atoms in total. The zero-order valence-electron chi connectivity index (χ0n) is 11.1. The number of nitrogens with zero attached hydrogens (tertiary/aromatic N) is 1. The number of nitrogens with one attached hydrogen (secondary N) is 1. The standard InChI is InChI=1S/C14H10F2N2O3S/c15-12-2-1-3-13(16)14(12)22(19,20)18-10-4-6-11(7-5-10)21-9-8-17/h1-7,18H,9H2. The van der Waals surface area contributed by atoms with Crippen molar-refractivity contribution in [1.82, 2.24) is 0 Å². The molecule has 0 bridgehead atoms. The quantitative estimate of drug-likeness (QED) is 0.917. The molecular weight excluding hydrogens is 314 g/mol. The lowest BCUT2D eigenvalue weighted by molar-refractivity contribution is 0.368. The first kappa shape index (κ1) is 15.7. The lowest BCUT2D eigenvalue weighted by Gasteiger charge is -2.10. The van der Waals surface area contributed by atoms with Crippen LogP contribution in [0.15, 0.2) is 47.4 Å². The van der Waals surface area contributed by atoms with Gasteiger partial charge in [0.15, 0.2) is 11.5 Å². The number of benzene rings is 2. The third-order valence-corrected chi connectivity index (χ3v) is 4.03. The highest BCUT2D eigenvalue weighted by atomic mass is 32.2. The van der Waals surface area contributed by atoms with Gasteiger partial charge in [-0.25, -0.2) is 17.2 Å². The molecule has 2 aromatic carbocycles. The molecule has 0 unspecified atom stereocenters. The molecule has 2 rings (SSSR count). The molecule has 8 heteroatoms. The summed E-state index contributed by atoms with van der Waals surface area (Å²) in [7, 11) is -4.40. The van der Waals surface area contributed by atoms with E-state index in [1.807, 2.05) is 0 Å². The molecule has 0 aromatic heterocycles. The summed E-state index contributed by atoms with van der Waals surface area (Å²) in [5.41, 5.74) is 0.104. The van der Waals surface area contributed by atoms with Gasteiger partial charge in [-0.05, 0) is 36.4 Å². The Labute approximate surface area is 125 Å². The monoisotopic (exact) mass is 324 g/mol. The summed E-state index contributed by atoms with van der Waals surface area (Å²) in [4.78, 5) is -1.04. The van der Waals surface area contributed by atoms with Crippen LogP contribution in [0.2, 0.25) is 0 Å². The molecule has 22 heavy (non-hydrogen) atoms. The van der Waals surface area contributed by atoms with Crippen molar-refractivity contribution in [3.05, 3.63) is 54.1 Å². The zero-order chi connectivity index (χ0) is 16.2. The van der Waals surface area contributed by atoms with E-state index in [1.165, 1.54) is 24.3 Å². The number of nitriles is 1. The number of ether oxygens (including phenoxy) is 1. The van der Waals surface area contributed by atoms with Crippen LogP contribution in [0.25, 0.3) is 0 Å². The van der Waals surface area contributed by atoms with Gasteiger partial charge in [-0.1, -0.05) is 6.07 Å². The molecule has 0 saturated carbocycles. The Morgan fingerprint density at radius 2 is 1.68 bits per heavy atom.